The summed E-state index contributed by atoms with van der Waals surface area (Å²) in [6.07, 6.45) is 0. The first kappa shape index (κ1) is 17.6. The van der Waals surface area contributed by atoms with Crippen molar-refractivity contribution in [2.24, 2.45) is 0 Å². The van der Waals surface area contributed by atoms with E-state index in [2.05, 4.69) is 5.32 Å². The number of fused-ring (bicyclic) bond motifs is 3. The first-order valence-corrected chi connectivity index (χ1v) is 8.79. The lowest BCUT2D eigenvalue weighted by molar-refractivity contribution is -0.384. The van der Waals surface area contributed by atoms with Gasteiger partial charge in [0.1, 0.15) is 0 Å². The van der Waals surface area contributed by atoms with E-state index in [4.69, 9.17) is 0 Å². The second-order valence-corrected chi connectivity index (χ2v) is 6.68. The quantitative estimate of drug-likeness (QED) is 0.427. The summed E-state index contributed by atoms with van der Waals surface area (Å²) in [5, 5.41) is 13.8. The van der Waals surface area contributed by atoms with Crippen LogP contribution in [0.25, 0.3) is 11.1 Å². The number of nitrogens with zero attached hydrogens (tertiary/aromatic N) is 1. The monoisotopic (exact) mass is 372 g/mol. The van der Waals surface area contributed by atoms with Gasteiger partial charge in [-0.2, -0.15) is 0 Å². The number of ketones is 1. The molecule has 1 aliphatic rings. The normalized spacial score (nSPS) is 12.8. The van der Waals surface area contributed by atoms with Crippen LogP contribution in [0.2, 0.25) is 0 Å². The van der Waals surface area contributed by atoms with Crippen LogP contribution in [-0.4, -0.2) is 16.6 Å². The Morgan fingerprint density at radius 1 is 0.929 bits per heavy atom. The van der Waals surface area contributed by atoms with Crippen LogP contribution in [0.3, 0.4) is 0 Å². The van der Waals surface area contributed by atoms with Crippen molar-refractivity contribution in [2.75, 3.05) is 0 Å². The molecule has 6 heteroatoms. The highest BCUT2D eigenvalue weighted by molar-refractivity contribution is 6.22. The van der Waals surface area contributed by atoms with E-state index in [1.807, 2.05) is 18.2 Å². The zero-order valence-corrected chi connectivity index (χ0v) is 15.0. The Morgan fingerprint density at radius 3 is 2.39 bits per heavy atom. The fourth-order valence-electron chi connectivity index (χ4n) is 3.44. The van der Waals surface area contributed by atoms with Crippen LogP contribution in [0.15, 0.2) is 66.7 Å². The Hall–Kier alpha value is -3.80. The molecule has 4 rings (SSSR count). The fourth-order valence-corrected chi connectivity index (χ4v) is 3.44. The van der Waals surface area contributed by atoms with Gasteiger partial charge >= 0.3 is 0 Å². The van der Waals surface area contributed by atoms with E-state index in [1.165, 1.54) is 12.1 Å². The largest absolute Gasteiger partial charge is 0.346 e. The van der Waals surface area contributed by atoms with Crippen LogP contribution in [0.1, 0.15) is 44.8 Å². The van der Waals surface area contributed by atoms with E-state index in [9.17, 15) is 19.7 Å². The van der Waals surface area contributed by atoms with E-state index in [1.54, 1.807) is 43.3 Å². The highest BCUT2D eigenvalue weighted by atomic mass is 16.6. The van der Waals surface area contributed by atoms with Gasteiger partial charge in [0, 0.05) is 28.8 Å². The molecule has 0 bridgehead atoms. The average molecular weight is 372 g/mol. The summed E-state index contributed by atoms with van der Waals surface area (Å²) in [7, 11) is 0. The Bertz CT molecular complexity index is 1140. The summed E-state index contributed by atoms with van der Waals surface area (Å²) < 4.78 is 0. The molecule has 0 saturated carbocycles. The van der Waals surface area contributed by atoms with Crippen molar-refractivity contribution in [1.82, 2.24) is 5.32 Å². The summed E-state index contributed by atoms with van der Waals surface area (Å²) in [5.41, 5.74) is 3.82. The molecule has 1 atom stereocenters. The summed E-state index contributed by atoms with van der Waals surface area (Å²) in [4.78, 5) is 35.8. The number of nitrogens with one attached hydrogen (secondary N) is 1. The van der Waals surface area contributed by atoms with Gasteiger partial charge in [0.15, 0.2) is 5.78 Å². The molecule has 0 aromatic heterocycles. The van der Waals surface area contributed by atoms with E-state index in [0.29, 0.717) is 22.3 Å². The van der Waals surface area contributed by atoms with Crippen molar-refractivity contribution in [3.63, 3.8) is 0 Å². The minimum atomic E-state index is -0.470. The summed E-state index contributed by atoms with van der Waals surface area (Å²) >= 11 is 0. The van der Waals surface area contributed by atoms with Crippen LogP contribution < -0.4 is 5.32 Å². The SMILES string of the molecule is CC(NC(=O)c1ccc2c(c1)C(=O)c1ccccc1-2)c1cccc([N+](=O)[O-])c1. The van der Waals surface area contributed by atoms with Crippen molar-refractivity contribution in [3.8, 4) is 11.1 Å². The van der Waals surface area contributed by atoms with Crippen molar-refractivity contribution in [1.29, 1.82) is 0 Å². The minimum Gasteiger partial charge on any atom is -0.346 e. The summed E-state index contributed by atoms with van der Waals surface area (Å²) in [5.74, 6) is -0.433. The van der Waals surface area contributed by atoms with Crippen molar-refractivity contribution in [3.05, 3.63) is 99.1 Å². The first-order valence-electron chi connectivity index (χ1n) is 8.79. The van der Waals surface area contributed by atoms with Gasteiger partial charge in [-0.25, -0.2) is 0 Å². The molecule has 138 valence electrons. The van der Waals surface area contributed by atoms with Gasteiger partial charge in [0.05, 0.1) is 11.0 Å². The lowest BCUT2D eigenvalue weighted by atomic mass is 10.0. The molecule has 0 heterocycles. The Kier molecular flexibility index (Phi) is 4.24. The molecular formula is C22H16N2O4. The smallest absolute Gasteiger partial charge is 0.269 e. The predicted molar refractivity (Wildman–Crippen MR) is 104 cm³/mol. The fraction of sp³-hybridized carbons (Fsp3) is 0.0909. The second-order valence-electron chi connectivity index (χ2n) is 6.68. The highest BCUT2D eigenvalue weighted by Crippen LogP contribution is 2.36. The third kappa shape index (κ3) is 2.95. The van der Waals surface area contributed by atoms with Gasteiger partial charge in [0.2, 0.25) is 0 Å². The maximum atomic E-state index is 12.7. The number of carbonyl (C=O) groups excluding carboxylic acids is 2. The Morgan fingerprint density at radius 2 is 1.64 bits per heavy atom. The van der Waals surface area contributed by atoms with E-state index >= 15 is 0 Å². The second kappa shape index (κ2) is 6.74. The molecule has 1 unspecified atom stereocenters. The van der Waals surface area contributed by atoms with Crippen molar-refractivity contribution < 1.29 is 14.5 Å². The number of rotatable bonds is 4. The number of amides is 1. The molecule has 1 aliphatic carbocycles. The topological polar surface area (TPSA) is 89.3 Å². The molecule has 6 nitrogen and oxygen atoms in total. The molecule has 1 N–H and O–H groups in total. The molecule has 0 saturated heterocycles. The van der Waals surface area contributed by atoms with Gasteiger partial charge < -0.3 is 5.32 Å². The molecule has 1 amide bonds. The molecule has 0 aliphatic heterocycles. The number of nitro groups is 1. The number of carbonyl (C=O) groups is 2. The number of hydrogen-bond acceptors (Lipinski definition) is 4. The zero-order chi connectivity index (χ0) is 19.8. The maximum Gasteiger partial charge on any atom is 0.269 e. The number of non-ortho nitro benzene ring substituents is 1. The van der Waals surface area contributed by atoms with Crippen LogP contribution >= 0.6 is 0 Å². The molecule has 0 fully saturated rings. The maximum absolute atomic E-state index is 12.7. The molecule has 0 radical (unpaired) electrons. The third-order valence-corrected chi connectivity index (χ3v) is 4.92. The lowest BCUT2D eigenvalue weighted by Crippen LogP contribution is -2.26. The first-order chi connectivity index (χ1) is 13.5. The summed E-state index contributed by atoms with van der Waals surface area (Å²) in [6.45, 7) is 1.76. The lowest BCUT2D eigenvalue weighted by Gasteiger charge is -2.14. The Labute approximate surface area is 161 Å². The average Bonchev–Trinajstić information content (AvgIpc) is 3.00. The van der Waals surface area contributed by atoms with Gasteiger partial charge in [0.25, 0.3) is 11.6 Å². The molecular weight excluding hydrogens is 356 g/mol. The van der Waals surface area contributed by atoms with Crippen LogP contribution in [0, 0.1) is 10.1 Å². The van der Waals surface area contributed by atoms with E-state index in [-0.39, 0.29) is 17.4 Å². The standard InChI is InChI=1S/C22H16N2O4/c1-13(14-5-4-6-16(11-14)24(27)28)23-22(26)15-9-10-18-17-7-2-3-8-19(17)21(25)20(18)12-15/h2-13H,1H3,(H,23,26). The number of nitro benzene ring substituents is 1. The Balaban J connectivity index is 1.58. The summed E-state index contributed by atoms with van der Waals surface area (Å²) in [6, 6.07) is 18.2. The molecule has 0 spiro atoms. The van der Waals surface area contributed by atoms with Crippen LogP contribution in [0.5, 0.6) is 0 Å². The number of benzene rings is 3. The van der Waals surface area contributed by atoms with Crippen molar-refractivity contribution in [2.45, 2.75) is 13.0 Å². The predicted octanol–water partition coefficient (Wildman–Crippen LogP) is 4.30. The van der Waals surface area contributed by atoms with E-state index in [0.717, 1.165) is 11.1 Å². The van der Waals surface area contributed by atoms with Crippen molar-refractivity contribution >= 4 is 17.4 Å². The highest BCUT2D eigenvalue weighted by Gasteiger charge is 2.27. The van der Waals surface area contributed by atoms with Crippen LogP contribution in [0.4, 0.5) is 5.69 Å². The van der Waals surface area contributed by atoms with Gasteiger partial charge in [-0.15, -0.1) is 0 Å². The van der Waals surface area contributed by atoms with Gasteiger partial charge in [-0.05, 0) is 35.7 Å². The van der Waals surface area contributed by atoms with Crippen LogP contribution in [-0.2, 0) is 0 Å². The third-order valence-electron chi connectivity index (χ3n) is 4.92. The van der Waals surface area contributed by atoms with E-state index < -0.39 is 11.0 Å². The minimum absolute atomic E-state index is 0.0282. The van der Waals surface area contributed by atoms with Gasteiger partial charge in [-0.3, -0.25) is 19.7 Å². The molecule has 28 heavy (non-hydrogen) atoms. The zero-order valence-electron chi connectivity index (χ0n) is 15.0. The molecule has 3 aromatic carbocycles. The van der Waals surface area contributed by atoms with Gasteiger partial charge in [-0.1, -0.05) is 42.5 Å². The molecule has 3 aromatic rings. The number of hydrogen-bond donors (Lipinski definition) is 1.